The highest BCUT2D eigenvalue weighted by Gasteiger charge is 2.16. The summed E-state index contributed by atoms with van der Waals surface area (Å²) in [5.41, 5.74) is 0.987. The van der Waals surface area contributed by atoms with Gasteiger partial charge in [-0.25, -0.2) is 13.8 Å². The van der Waals surface area contributed by atoms with Crippen LogP contribution in [0.4, 0.5) is 20.2 Å². The van der Waals surface area contributed by atoms with Crippen molar-refractivity contribution >= 4 is 28.4 Å². The largest absolute Gasteiger partial charge is 0.373 e. The second-order valence-corrected chi connectivity index (χ2v) is 5.48. The second-order valence-electron chi connectivity index (χ2n) is 5.48. The highest BCUT2D eigenvalue weighted by atomic mass is 19.1. The topological polar surface area (TPSA) is 71.3 Å². The second kappa shape index (κ2) is 5.88. The third-order valence-corrected chi connectivity index (χ3v) is 3.49. The van der Waals surface area contributed by atoms with Crippen LogP contribution in [-0.4, -0.2) is 30.1 Å². The maximum atomic E-state index is 14.0. The quantitative estimate of drug-likeness (QED) is 0.798. The highest BCUT2D eigenvalue weighted by molar-refractivity contribution is 6.05. The molecule has 0 bridgehead atoms. The number of nitrogens with zero attached hydrogens (tertiary/aromatic N) is 3. The first kappa shape index (κ1) is 15.9. The normalized spacial score (nSPS) is 10.9. The summed E-state index contributed by atoms with van der Waals surface area (Å²) in [7, 11) is 3.06. The van der Waals surface area contributed by atoms with E-state index in [0.29, 0.717) is 16.8 Å². The van der Waals surface area contributed by atoms with Gasteiger partial charge in [0.15, 0.2) is 11.6 Å². The molecule has 6 nitrogen and oxygen atoms in total. The molecular weight excluding hydrogens is 318 g/mol. The maximum absolute atomic E-state index is 14.0. The van der Waals surface area contributed by atoms with Crippen LogP contribution in [0.2, 0.25) is 0 Å². The van der Waals surface area contributed by atoms with E-state index in [-0.39, 0.29) is 16.9 Å². The lowest BCUT2D eigenvalue weighted by molar-refractivity contribution is 0.102. The minimum atomic E-state index is -0.765. The Kier molecular flexibility index (Phi) is 3.88. The van der Waals surface area contributed by atoms with Gasteiger partial charge in [0.1, 0.15) is 5.69 Å². The summed E-state index contributed by atoms with van der Waals surface area (Å²) in [6.07, 6.45) is 1.31. The predicted molar refractivity (Wildman–Crippen MR) is 85.2 cm³/mol. The van der Waals surface area contributed by atoms with Crippen LogP contribution in [-0.2, 0) is 0 Å². The third-order valence-electron chi connectivity index (χ3n) is 3.49. The molecule has 3 aromatic rings. The Labute approximate surface area is 136 Å². The van der Waals surface area contributed by atoms with Crippen LogP contribution in [0.5, 0.6) is 0 Å². The minimum absolute atomic E-state index is 0.0164. The Morgan fingerprint density at radius 1 is 1.21 bits per heavy atom. The van der Waals surface area contributed by atoms with E-state index in [4.69, 9.17) is 4.52 Å². The molecule has 2 heterocycles. The SMILES string of the molecule is Cc1noc2ncc(C(=O)Nc3cc(F)c(N(C)C)c(F)c3)cc12. The van der Waals surface area contributed by atoms with Gasteiger partial charge in [0, 0.05) is 26.0 Å². The molecule has 8 heteroatoms. The highest BCUT2D eigenvalue weighted by Crippen LogP contribution is 2.26. The van der Waals surface area contributed by atoms with Gasteiger partial charge >= 0.3 is 0 Å². The minimum Gasteiger partial charge on any atom is -0.373 e. The van der Waals surface area contributed by atoms with E-state index in [2.05, 4.69) is 15.5 Å². The van der Waals surface area contributed by atoms with Crippen LogP contribution in [0.3, 0.4) is 0 Å². The summed E-state index contributed by atoms with van der Waals surface area (Å²) in [6.45, 7) is 1.72. The van der Waals surface area contributed by atoms with Crippen molar-refractivity contribution in [2.75, 3.05) is 24.3 Å². The predicted octanol–water partition coefficient (Wildman–Crippen LogP) is 3.13. The summed E-state index contributed by atoms with van der Waals surface area (Å²) in [5.74, 6) is -2.07. The summed E-state index contributed by atoms with van der Waals surface area (Å²) in [5, 5.41) is 6.81. The first-order chi connectivity index (χ1) is 11.4. The van der Waals surface area contributed by atoms with Crippen molar-refractivity contribution in [2.24, 2.45) is 0 Å². The fraction of sp³-hybridized carbons (Fsp3) is 0.188. The average Bonchev–Trinajstić information content (AvgIpc) is 2.87. The Morgan fingerprint density at radius 2 is 1.88 bits per heavy atom. The molecule has 0 aliphatic carbocycles. The summed E-state index contributed by atoms with van der Waals surface area (Å²) in [4.78, 5) is 17.6. The van der Waals surface area contributed by atoms with E-state index in [1.165, 1.54) is 25.2 Å². The van der Waals surface area contributed by atoms with Gasteiger partial charge in [-0.1, -0.05) is 5.16 Å². The summed E-state index contributed by atoms with van der Waals surface area (Å²) in [6, 6.07) is 3.68. The van der Waals surface area contributed by atoms with Crippen LogP contribution < -0.4 is 10.2 Å². The number of hydrogen-bond acceptors (Lipinski definition) is 5. The van der Waals surface area contributed by atoms with E-state index in [0.717, 1.165) is 12.1 Å². The number of rotatable bonds is 3. The molecule has 1 aromatic carbocycles. The lowest BCUT2D eigenvalue weighted by Crippen LogP contribution is -2.15. The first-order valence-corrected chi connectivity index (χ1v) is 7.06. The number of aromatic nitrogens is 2. The standard InChI is InChI=1S/C16H14F2N4O2/c1-8-11-4-9(7-19-16(11)24-21-8)15(23)20-10-5-12(17)14(22(2)3)13(18)6-10/h4-7H,1-3H3,(H,20,23). The van der Waals surface area contributed by atoms with E-state index < -0.39 is 17.5 Å². The van der Waals surface area contributed by atoms with E-state index in [1.54, 1.807) is 13.0 Å². The van der Waals surface area contributed by atoms with Crippen molar-refractivity contribution in [1.29, 1.82) is 0 Å². The zero-order valence-electron chi connectivity index (χ0n) is 13.2. The van der Waals surface area contributed by atoms with Gasteiger partial charge in [-0.05, 0) is 25.1 Å². The molecule has 24 heavy (non-hydrogen) atoms. The Bertz CT molecular complexity index is 914. The number of nitrogens with one attached hydrogen (secondary N) is 1. The summed E-state index contributed by atoms with van der Waals surface area (Å²) < 4.78 is 32.9. The zero-order chi connectivity index (χ0) is 17.4. The van der Waals surface area contributed by atoms with E-state index in [9.17, 15) is 13.6 Å². The fourth-order valence-corrected chi connectivity index (χ4v) is 2.34. The monoisotopic (exact) mass is 332 g/mol. The third kappa shape index (κ3) is 2.78. The molecule has 0 unspecified atom stereocenters. The molecule has 124 valence electrons. The van der Waals surface area contributed by atoms with Crippen molar-refractivity contribution < 1.29 is 18.1 Å². The molecule has 0 fully saturated rings. The number of halogens is 2. The molecule has 0 saturated heterocycles. The van der Waals surface area contributed by atoms with Gasteiger partial charge in [-0.15, -0.1) is 0 Å². The zero-order valence-corrected chi connectivity index (χ0v) is 13.2. The molecule has 1 N–H and O–H groups in total. The average molecular weight is 332 g/mol. The smallest absolute Gasteiger partial charge is 0.257 e. The Morgan fingerprint density at radius 3 is 2.50 bits per heavy atom. The van der Waals surface area contributed by atoms with Gasteiger partial charge in [-0.3, -0.25) is 4.79 Å². The molecule has 2 aromatic heterocycles. The number of benzene rings is 1. The van der Waals surface area contributed by atoms with Crippen LogP contribution in [0, 0.1) is 18.6 Å². The van der Waals surface area contributed by atoms with Crippen molar-refractivity contribution in [3.05, 3.63) is 47.3 Å². The number of hydrogen-bond donors (Lipinski definition) is 1. The Hall–Kier alpha value is -3.03. The lowest BCUT2D eigenvalue weighted by atomic mass is 10.2. The van der Waals surface area contributed by atoms with Crippen molar-refractivity contribution in [3.63, 3.8) is 0 Å². The van der Waals surface area contributed by atoms with Crippen molar-refractivity contribution in [1.82, 2.24) is 10.1 Å². The number of carbonyl (C=O) groups excluding carboxylic acids is 1. The number of aryl methyl sites for hydroxylation is 1. The number of amides is 1. The van der Waals surface area contributed by atoms with Gasteiger partial charge in [0.05, 0.1) is 16.6 Å². The number of carbonyl (C=O) groups is 1. The van der Waals surface area contributed by atoms with E-state index >= 15 is 0 Å². The van der Waals surface area contributed by atoms with Gasteiger partial charge < -0.3 is 14.7 Å². The number of fused-ring (bicyclic) bond motifs is 1. The molecule has 0 atom stereocenters. The van der Waals surface area contributed by atoms with Crippen LogP contribution in [0.15, 0.2) is 28.9 Å². The molecule has 0 aliphatic heterocycles. The molecule has 3 rings (SSSR count). The molecule has 0 radical (unpaired) electrons. The fourth-order valence-electron chi connectivity index (χ4n) is 2.34. The first-order valence-electron chi connectivity index (χ1n) is 7.06. The van der Waals surface area contributed by atoms with Gasteiger partial charge in [-0.2, -0.15) is 0 Å². The van der Waals surface area contributed by atoms with Gasteiger partial charge in [0.25, 0.3) is 11.6 Å². The summed E-state index contributed by atoms with van der Waals surface area (Å²) >= 11 is 0. The van der Waals surface area contributed by atoms with Crippen LogP contribution in [0.1, 0.15) is 16.1 Å². The Balaban J connectivity index is 1.89. The molecule has 0 aliphatic rings. The van der Waals surface area contributed by atoms with Crippen molar-refractivity contribution in [2.45, 2.75) is 6.92 Å². The molecule has 0 spiro atoms. The molecule has 0 saturated carbocycles. The van der Waals surface area contributed by atoms with Crippen LogP contribution in [0.25, 0.3) is 11.1 Å². The van der Waals surface area contributed by atoms with Crippen LogP contribution >= 0.6 is 0 Å². The van der Waals surface area contributed by atoms with E-state index in [1.807, 2.05) is 0 Å². The molecule has 1 amide bonds. The number of pyridine rings is 1. The lowest BCUT2D eigenvalue weighted by Gasteiger charge is -2.15. The maximum Gasteiger partial charge on any atom is 0.257 e. The van der Waals surface area contributed by atoms with Gasteiger partial charge in [0.2, 0.25) is 0 Å². The number of anilines is 2. The molecular formula is C16H14F2N4O2. The van der Waals surface area contributed by atoms with Crippen molar-refractivity contribution in [3.8, 4) is 0 Å².